The molecule has 1 fully saturated rings. The molecule has 1 amide bonds. The zero-order valence-electron chi connectivity index (χ0n) is 11.8. The van der Waals surface area contributed by atoms with Crippen LogP contribution in [0.3, 0.4) is 0 Å². The van der Waals surface area contributed by atoms with Gasteiger partial charge in [0.15, 0.2) is 0 Å². The molecule has 1 aliphatic rings. The molecule has 7 heteroatoms. The van der Waals surface area contributed by atoms with Crippen LogP contribution in [-0.2, 0) is 16.1 Å². The second-order valence-corrected chi connectivity index (χ2v) is 5.46. The number of alkyl halides is 2. The second-order valence-electron chi connectivity index (χ2n) is 5.46. The van der Waals surface area contributed by atoms with Gasteiger partial charge in [-0.1, -0.05) is 30.3 Å². The monoisotopic (exact) mass is 313 g/mol. The van der Waals surface area contributed by atoms with Crippen LogP contribution in [0.15, 0.2) is 30.3 Å². The van der Waals surface area contributed by atoms with Crippen LogP contribution in [0.2, 0.25) is 0 Å². The lowest BCUT2D eigenvalue weighted by molar-refractivity contribution is -0.143. The third kappa shape index (κ3) is 4.68. The Hall–Kier alpha value is -2.18. The number of carbonyl (C=O) groups is 2. The van der Waals surface area contributed by atoms with E-state index in [1.807, 2.05) is 6.07 Å². The van der Waals surface area contributed by atoms with E-state index in [-0.39, 0.29) is 25.9 Å². The van der Waals surface area contributed by atoms with Gasteiger partial charge in [0, 0.05) is 12.8 Å². The van der Waals surface area contributed by atoms with E-state index in [1.165, 1.54) is 0 Å². The Morgan fingerprint density at radius 1 is 1.32 bits per heavy atom. The highest BCUT2D eigenvalue weighted by molar-refractivity contribution is 5.79. The number of hydrogen-bond acceptors (Lipinski definition) is 3. The molecule has 0 spiro atoms. The number of aliphatic carboxylic acids is 1. The Labute approximate surface area is 126 Å². The molecule has 0 heterocycles. The third-order valence-corrected chi connectivity index (χ3v) is 3.55. The highest BCUT2D eigenvalue weighted by Gasteiger charge is 2.46. The topological polar surface area (TPSA) is 75.6 Å². The van der Waals surface area contributed by atoms with Crippen molar-refractivity contribution >= 4 is 12.1 Å². The number of carbonyl (C=O) groups excluding carboxylic acids is 1. The van der Waals surface area contributed by atoms with Gasteiger partial charge in [0.1, 0.15) is 12.6 Å². The van der Waals surface area contributed by atoms with Crippen LogP contribution in [-0.4, -0.2) is 29.1 Å². The first-order valence-electron chi connectivity index (χ1n) is 6.93. The molecule has 0 aromatic heterocycles. The first-order chi connectivity index (χ1) is 10.4. The summed E-state index contributed by atoms with van der Waals surface area (Å²) in [5.41, 5.74) is 0.767. The van der Waals surface area contributed by atoms with Gasteiger partial charge in [0.25, 0.3) is 0 Å². The molecule has 1 saturated carbocycles. The van der Waals surface area contributed by atoms with Crippen LogP contribution >= 0.6 is 0 Å². The second kappa shape index (κ2) is 6.72. The molecule has 1 aromatic carbocycles. The Morgan fingerprint density at radius 3 is 2.50 bits per heavy atom. The molecule has 120 valence electrons. The van der Waals surface area contributed by atoms with E-state index in [2.05, 4.69) is 5.32 Å². The number of amides is 1. The largest absolute Gasteiger partial charge is 0.480 e. The van der Waals surface area contributed by atoms with E-state index in [1.54, 1.807) is 24.3 Å². The number of benzene rings is 1. The number of ether oxygens (including phenoxy) is 1. The van der Waals surface area contributed by atoms with Crippen LogP contribution in [0.25, 0.3) is 0 Å². The molecular weight excluding hydrogens is 296 g/mol. The Balaban J connectivity index is 1.78. The van der Waals surface area contributed by atoms with Crippen molar-refractivity contribution in [3.63, 3.8) is 0 Å². The molecule has 0 saturated heterocycles. The highest BCUT2D eigenvalue weighted by Crippen LogP contribution is 2.44. The summed E-state index contributed by atoms with van der Waals surface area (Å²) >= 11 is 0. The zero-order valence-corrected chi connectivity index (χ0v) is 11.8. The van der Waals surface area contributed by atoms with Gasteiger partial charge in [-0.15, -0.1) is 0 Å². The van der Waals surface area contributed by atoms with Gasteiger partial charge in [-0.3, -0.25) is 0 Å². The Morgan fingerprint density at radius 2 is 1.95 bits per heavy atom. The first-order valence-corrected chi connectivity index (χ1v) is 6.93. The number of nitrogens with one attached hydrogen (secondary N) is 1. The summed E-state index contributed by atoms with van der Waals surface area (Å²) in [6.45, 7) is 0.0144. The predicted octanol–water partition coefficient (Wildman–Crippen LogP) is 2.80. The van der Waals surface area contributed by atoms with Gasteiger partial charge in [-0.25, -0.2) is 18.4 Å². The van der Waals surface area contributed by atoms with Gasteiger partial charge >= 0.3 is 12.1 Å². The summed E-state index contributed by atoms with van der Waals surface area (Å²) in [6.07, 6.45) is -1.57. The maximum Gasteiger partial charge on any atom is 0.408 e. The number of carboxylic acid groups (broad SMARTS) is 1. The molecule has 1 atom stereocenters. The minimum atomic E-state index is -2.71. The van der Waals surface area contributed by atoms with E-state index in [0.29, 0.717) is 0 Å². The van der Waals surface area contributed by atoms with Crippen molar-refractivity contribution in [2.45, 2.75) is 37.8 Å². The van der Waals surface area contributed by atoms with Crippen LogP contribution in [0, 0.1) is 5.92 Å². The summed E-state index contributed by atoms with van der Waals surface area (Å²) in [5.74, 6) is -4.36. The van der Waals surface area contributed by atoms with E-state index < -0.39 is 29.9 Å². The quantitative estimate of drug-likeness (QED) is 0.847. The van der Waals surface area contributed by atoms with E-state index in [0.717, 1.165) is 5.56 Å². The fraction of sp³-hybridized carbons (Fsp3) is 0.467. The SMILES string of the molecule is O=C(N[C@H](CC1CC(F)(F)C1)C(=O)O)OCc1ccccc1. The van der Waals surface area contributed by atoms with Gasteiger partial charge in [0.05, 0.1) is 0 Å². The lowest BCUT2D eigenvalue weighted by Gasteiger charge is -2.36. The molecule has 1 aromatic rings. The number of halogens is 2. The lowest BCUT2D eigenvalue weighted by Crippen LogP contribution is -2.46. The van der Waals surface area contributed by atoms with E-state index >= 15 is 0 Å². The Kier molecular flexibility index (Phi) is 4.95. The summed E-state index contributed by atoms with van der Waals surface area (Å²) in [5, 5.41) is 11.3. The molecule has 0 radical (unpaired) electrons. The van der Waals surface area contributed by atoms with Crippen LogP contribution < -0.4 is 5.32 Å². The summed E-state index contributed by atoms with van der Waals surface area (Å²) < 4.78 is 30.4. The molecule has 5 nitrogen and oxygen atoms in total. The van der Waals surface area contributed by atoms with Crippen molar-refractivity contribution in [1.82, 2.24) is 5.32 Å². The minimum Gasteiger partial charge on any atom is -0.480 e. The molecule has 2 N–H and O–H groups in total. The molecule has 0 unspecified atom stereocenters. The molecule has 0 aliphatic heterocycles. The summed E-state index contributed by atoms with van der Waals surface area (Å²) in [6, 6.07) is 7.69. The number of carboxylic acids is 1. The van der Waals surface area contributed by atoms with Gasteiger partial charge < -0.3 is 15.2 Å². The third-order valence-electron chi connectivity index (χ3n) is 3.55. The number of rotatable bonds is 6. The van der Waals surface area contributed by atoms with Crippen molar-refractivity contribution in [2.24, 2.45) is 5.92 Å². The molecular formula is C15H17F2NO4. The molecule has 22 heavy (non-hydrogen) atoms. The average molecular weight is 313 g/mol. The van der Waals surface area contributed by atoms with Gasteiger partial charge in [-0.2, -0.15) is 0 Å². The fourth-order valence-corrected chi connectivity index (χ4v) is 2.41. The van der Waals surface area contributed by atoms with Crippen molar-refractivity contribution in [2.75, 3.05) is 0 Å². The zero-order chi connectivity index (χ0) is 16.2. The molecule has 2 rings (SSSR count). The summed E-state index contributed by atoms with van der Waals surface area (Å²) in [4.78, 5) is 22.7. The van der Waals surface area contributed by atoms with Crippen molar-refractivity contribution < 1.29 is 28.2 Å². The van der Waals surface area contributed by atoms with Crippen LogP contribution in [0.4, 0.5) is 13.6 Å². The molecule has 1 aliphatic carbocycles. The van der Waals surface area contributed by atoms with E-state index in [9.17, 15) is 18.4 Å². The number of alkyl carbamates (subject to hydrolysis) is 1. The Bertz CT molecular complexity index is 528. The van der Waals surface area contributed by atoms with Crippen LogP contribution in [0.5, 0.6) is 0 Å². The van der Waals surface area contributed by atoms with Gasteiger partial charge in [-0.05, 0) is 17.9 Å². The normalized spacial score (nSPS) is 18.1. The van der Waals surface area contributed by atoms with E-state index in [4.69, 9.17) is 9.84 Å². The average Bonchev–Trinajstić information content (AvgIpc) is 2.43. The maximum absolute atomic E-state index is 12.8. The fourth-order valence-electron chi connectivity index (χ4n) is 2.41. The standard InChI is InChI=1S/C15H17F2NO4/c16-15(17)7-11(8-15)6-12(13(19)20)18-14(21)22-9-10-4-2-1-3-5-10/h1-5,11-12H,6-9H2,(H,18,21)(H,19,20)/t12-/m1/s1. The van der Waals surface area contributed by atoms with Crippen molar-refractivity contribution in [3.05, 3.63) is 35.9 Å². The molecule has 0 bridgehead atoms. The first kappa shape index (κ1) is 16.2. The summed E-state index contributed by atoms with van der Waals surface area (Å²) in [7, 11) is 0. The minimum absolute atomic E-state index is 0.0144. The van der Waals surface area contributed by atoms with Crippen molar-refractivity contribution in [3.8, 4) is 0 Å². The smallest absolute Gasteiger partial charge is 0.408 e. The highest BCUT2D eigenvalue weighted by atomic mass is 19.3. The van der Waals surface area contributed by atoms with Gasteiger partial charge in [0.2, 0.25) is 5.92 Å². The lowest BCUT2D eigenvalue weighted by atomic mass is 9.77. The number of hydrogen-bond donors (Lipinski definition) is 2. The maximum atomic E-state index is 12.8. The predicted molar refractivity (Wildman–Crippen MR) is 73.5 cm³/mol. The van der Waals surface area contributed by atoms with Crippen LogP contribution in [0.1, 0.15) is 24.8 Å². The van der Waals surface area contributed by atoms with Crippen molar-refractivity contribution in [1.29, 1.82) is 0 Å².